The van der Waals surface area contributed by atoms with Crippen LogP contribution in [0, 0.1) is 6.92 Å². The van der Waals surface area contributed by atoms with E-state index in [1.54, 1.807) is 11.3 Å². The van der Waals surface area contributed by atoms with Crippen molar-refractivity contribution in [3.8, 4) is 10.6 Å². The Morgan fingerprint density at radius 2 is 1.89 bits per heavy atom. The summed E-state index contributed by atoms with van der Waals surface area (Å²) in [5, 5.41) is 1.07. The van der Waals surface area contributed by atoms with E-state index in [2.05, 4.69) is 54.4 Å². The molecule has 0 saturated carbocycles. The molecule has 18 heavy (non-hydrogen) atoms. The molecule has 90 valence electrons. The molecule has 0 aliphatic carbocycles. The summed E-state index contributed by atoms with van der Waals surface area (Å²) in [5.74, 6) is 0. The van der Waals surface area contributed by atoms with Crippen LogP contribution in [0.4, 0.5) is 0 Å². The first-order valence-electron chi connectivity index (χ1n) is 5.93. The van der Waals surface area contributed by atoms with E-state index in [9.17, 15) is 0 Å². The van der Waals surface area contributed by atoms with E-state index >= 15 is 0 Å². The second-order valence-corrected chi connectivity index (χ2v) is 5.42. The summed E-state index contributed by atoms with van der Waals surface area (Å²) in [7, 11) is 0. The van der Waals surface area contributed by atoms with E-state index in [1.165, 1.54) is 15.8 Å². The van der Waals surface area contributed by atoms with Crippen LogP contribution in [0.1, 0.15) is 11.1 Å². The van der Waals surface area contributed by atoms with Crippen LogP contribution in [0.15, 0.2) is 42.5 Å². The maximum absolute atomic E-state index is 5.65. The third-order valence-corrected chi connectivity index (χ3v) is 4.07. The van der Waals surface area contributed by atoms with Gasteiger partial charge in [0, 0.05) is 12.1 Å². The highest BCUT2D eigenvalue weighted by Gasteiger charge is 2.06. The molecule has 0 aliphatic rings. The van der Waals surface area contributed by atoms with Crippen molar-refractivity contribution in [1.82, 2.24) is 4.98 Å². The highest BCUT2D eigenvalue weighted by Crippen LogP contribution is 2.30. The number of aryl methyl sites for hydroxylation is 1. The number of aromatic nitrogens is 1. The highest BCUT2D eigenvalue weighted by molar-refractivity contribution is 7.21. The van der Waals surface area contributed by atoms with Crippen molar-refractivity contribution in [3.63, 3.8) is 0 Å². The van der Waals surface area contributed by atoms with Gasteiger partial charge in [-0.1, -0.05) is 35.9 Å². The second kappa shape index (κ2) is 4.52. The molecule has 2 N–H and O–H groups in total. The number of thiazole rings is 1. The monoisotopic (exact) mass is 254 g/mol. The Balaban J connectivity index is 2.10. The van der Waals surface area contributed by atoms with Gasteiger partial charge in [0.05, 0.1) is 10.2 Å². The fourth-order valence-electron chi connectivity index (χ4n) is 1.92. The topological polar surface area (TPSA) is 38.9 Å². The predicted octanol–water partition coefficient (Wildman–Crippen LogP) is 3.73. The maximum Gasteiger partial charge on any atom is 0.124 e. The van der Waals surface area contributed by atoms with Crippen LogP contribution in [0.2, 0.25) is 0 Å². The minimum atomic E-state index is 0.563. The third kappa shape index (κ3) is 2.03. The number of hydrogen-bond donors (Lipinski definition) is 1. The number of nitrogens with zero attached hydrogens (tertiary/aromatic N) is 1. The Bertz CT molecular complexity index is 683. The van der Waals surface area contributed by atoms with Crippen LogP contribution in [-0.4, -0.2) is 4.98 Å². The lowest BCUT2D eigenvalue weighted by Crippen LogP contribution is -1.94. The van der Waals surface area contributed by atoms with Gasteiger partial charge in [0.25, 0.3) is 0 Å². The molecule has 2 aromatic carbocycles. The predicted molar refractivity (Wildman–Crippen MR) is 77.7 cm³/mol. The average Bonchev–Trinajstić information content (AvgIpc) is 2.82. The summed E-state index contributed by atoms with van der Waals surface area (Å²) in [6, 6.07) is 14.7. The zero-order valence-corrected chi connectivity index (χ0v) is 11.0. The van der Waals surface area contributed by atoms with E-state index < -0.39 is 0 Å². The van der Waals surface area contributed by atoms with Crippen molar-refractivity contribution in [1.29, 1.82) is 0 Å². The molecule has 0 spiro atoms. The first-order chi connectivity index (χ1) is 8.76. The summed E-state index contributed by atoms with van der Waals surface area (Å²) in [6.45, 7) is 2.66. The van der Waals surface area contributed by atoms with Gasteiger partial charge in [-0.05, 0) is 24.6 Å². The van der Waals surface area contributed by atoms with Crippen molar-refractivity contribution in [3.05, 3.63) is 53.6 Å². The number of benzene rings is 2. The van der Waals surface area contributed by atoms with E-state index in [4.69, 9.17) is 5.73 Å². The Labute approximate surface area is 110 Å². The SMILES string of the molecule is Cc1ccc(-c2nc3cc(CN)ccc3s2)cc1. The molecule has 1 aromatic heterocycles. The molecule has 0 unspecified atom stereocenters. The first-order valence-corrected chi connectivity index (χ1v) is 6.74. The van der Waals surface area contributed by atoms with Gasteiger partial charge >= 0.3 is 0 Å². The first kappa shape index (κ1) is 11.4. The van der Waals surface area contributed by atoms with Gasteiger partial charge in [-0.3, -0.25) is 0 Å². The number of rotatable bonds is 2. The molecule has 1 heterocycles. The molecule has 3 aromatic rings. The van der Waals surface area contributed by atoms with Crippen LogP contribution < -0.4 is 5.73 Å². The van der Waals surface area contributed by atoms with Crippen LogP contribution in [0.3, 0.4) is 0 Å². The van der Waals surface area contributed by atoms with Crippen LogP contribution in [0.25, 0.3) is 20.8 Å². The van der Waals surface area contributed by atoms with E-state index in [-0.39, 0.29) is 0 Å². The van der Waals surface area contributed by atoms with Crippen molar-refractivity contribution in [2.45, 2.75) is 13.5 Å². The van der Waals surface area contributed by atoms with Crippen LogP contribution in [-0.2, 0) is 6.54 Å². The van der Waals surface area contributed by atoms with E-state index in [1.807, 2.05) is 0 Å². The Morgan fingerprint density at radius 1 is 1.11 bits per heavy atom. The van der Waals surface area contributed by atoms with E-state index in [0.717, 1.165) is 16.1 Å². The van der Waals surface area contributed by atoms with Crippen molar-refractivity contribution in [2.24, 2.45) is 5.73 Å². The Kier molecular flexibility index (Phi) is 2.86. The smallest absolute Gasteiger partial charge is 0.124 e. The van der Waals surface area contributed by atoms with Gasteiger partial charge in [-0.2, -0.15) is 0 Å². The number of nitrogens with two attached hydrogens (primary N) is 1. The molecule has 0 fully saturated rings. The minimum absolute atomic E-state index is 0.563. The average molecular weight is 254 g/mol. The van der Waals surface area contributed by atoms with Gasteiger partial charge < -0.3 is 5.73 Å². The minimum Gasteiger partial charge on any atom is -0.326 e. The van der Waals surface area contributed by atoms with E-state index in [0.29, 0.717) is 6.54 Å². The molecule has 2 nitrogen and oxygen atoms in total. The Hall–Kier alpha value is -1.71. The summed E-state index contributed by atoms with van der Waals surface area (Å²) >= 11 is 1.72. The second-order valence-electron chi connectivity index (χ2n) is 4.39. The Morgan fingerprint density at radius 3 is 2.61 bits per heavy atom. The third-order valence-electron chi connectivity index (χ3n) is 2.99. The largest absolute Gasteiger partial charge is 0.326 e. The summed E-state index contributed by atoms with van der Waals surface area (Å²) in [6.07, 6.45) is 0. The maximum atomic E-state index is 5.65. The fourth-order valence-corrected chi connectivity index (χ4v) is 2.87. The molecule has 0 amide bonds. The van der Waals surface area contributed by atoms with Crippen molar-refractivity contribution >= 4 is 21.6 Å². The zero-order chi connectivity index (χ0) is 12.5. The molecule has 3 rings (SSSR count). The molecular weight excluding hydrogens is 240 g/mol. The number of fused-ring (bicyclic) bond motifs is 1. The normalized spacial score (nSPS) is 11.0. The standard InChI is InChI=1S/C15H14N2S/c1-10-2-5-12(6-3-10)15-17-13-8-11(9-16)4-7-14(13)18-15/h2-8H,9,16H2,1H3. The van der Waals surface area contributed by atoms with Crippen molar-refractivity contribution < 1.29 is 0 Å². The van der Waals surface area contributed by atoms with Gasteiger partial charge in [-0.25, -0.2) is 4.98 Å². The van der Waals surface area contributed by atoms with Crippen LogP contribution in [0.5, 0.6) is 0 Å². The molecule has 0 radical (unpaired) electrons. The summed E-state index contributed by atoms with van der Waals surface area (Å²) in [5.41, 5.74) is 10.3. The lowest BCUT2D eigenvalue weighted by Gasteiger charge is -1.95. The molecular formula is C15H14N2S. The van der Waals surface area contributed by atoms with Gasteiger partial charge in [0.2, 0.25) is 0 Å². The fraction of sp³-hybridized carbons (Fsp3) is 0.133. The molecule has 0 aliphatic heterocycles. The van der Waals surface area contributed by atoms with Crippen molar-refractivity contribution in [2.75, 3.05) is 0 Å². The summed E-state index contributed by atoms with van der Waals surface area (Å²) in [4.78, 5) is 4.68. The summed E-state index contributed by atoms with van der Waals surface area (Å²) < 4.78 is 1.21. The quantitative estimate of drug-likeness (QED) is 0.756. The van der Waals surface area contributed by atoms with Crippen LogP contribution >= 0.6 is 11.3 Å². The zero-order valence-electron chi connectivity index (χ0n) is 10.2. The molecule has 0 saturated heterocycles. The lowest BCUT2D eigenvalue weighted by atomic mass is 10.2. The van der Waals surface area contributed by atoms with Gasteiger partial charge in [0.15, 0.2) is 0 Å². The number of hydrogen-bond acceptors (Lipinski definition) is 3. The molecule has 0 atom stereocenters. The van der Waals surface area contributed by atoms with Gasteiger partial charge in [-0.15, -0.1) is 11.3 Å². The molecule has 3 heteroatoms. The molecule has 0 bridgehead atoms. The highest BCUT2D eigenvalue weighted by atomic mass is 32.1. The lowest BCUT2D eigenvalue weighted by molar-refractivity contribution is 1.07. The van der Waals surface area contributed by atoms with Gasteiger partial charge in [0.1, 0.15) is 5.01 Å².